The molecule has 0 saturated heterocycles. The second kappa shape index (κ2) is 7.38. The third kappa shape index (κ3) is 3.47. The molecule has 1 heterocycles. The van der Waals surface area contributed by atoms with Crippen LogP contribution in [0.5, 0.6) is 0 Å². The molecule has 8 heteroatoms. The maximum Gasteiger partial charge on any atom is 0.258 e. The van der Waals surface area contributed by atoms with Gasteiger partial charge in [0.1, 0.15) is 0 Å². The Balaban J connectivity index is 2.24. The minimum Gasteiger partial charge on any atom is -0.398 e. The molecule has 2 aromatic carbocycles. The lowest BCUT2D eigenvalue weighted by Gasteiger charge is -2.15. The van der Waals surface area contributed by atoms with Crippen LogP contribution in [-0.4, -0.2) is 20.6 Å². The van der Waals surface area contributed by atoms with Crippen LogP contribution in [-0.2, 0) is 9.84 Å². The van der Waals surface area contributed by atoms with Crippen molar-refractivity contribution in [1.82, 2.24) is 0 Å². The summed E-state index contributed by atoms with van der Waals surface area (Å²) >= 11 is 2.35. The summed E-state index contributed by atoms with van der Waals surface area (Å²) in [5.41, 5.74) is 14.1. The number of anilines is 1. The van der Waals surface area contributed by atoms with Crippen LogP contribution in [0.1, 0.15) is 15.2 Å². The molecule has 140 valence electrons. The summed E-state index contributed by atoms with van der Waals surface area (Å²) in [6.07, 6.45) is 1.76. The number of hydrogen-bond donors (Lipinski definition) is 2. The van der Waals surface area contributed by atoms with E-state index in [1.165, 1.54) is 23.9 Å². The molecule has 0 bridgehead atoms. The van der Waals surface area contributed by atoms with Crippen LogP contribution in [0, 0.1) is 6.92 Å². The third-order valence-corrected chi connectivity index (χ3v) is 8.65. The fourth-order valence-corrected chi connectivity index (χ4v) is 7.01. The Hall–Kier alpha value is -2.29. The van der Waals surface area contributed by atoms with Gasteiger partial charge in [0.15, 0.2) is 0 Å². The first kappa shape index (κ1) is 19.5. The van der Waals surface area contributed by atoms with E-state index in [4.69, 9.17) is 11.5 Å². The van der Waals surface area contributed by atoms with Crippen molar-refractivity contribution in [2.45, 2.75) is 20.9 Å². The number of carbonyl (C=O) groups is 1. The molecule has 3 rings (SSSR count). The molecule has 27 heavy (non-hydrogen) atoms. The van der Waals surface area contributed by atoms with Gasteiger partial charge in [-0.1, -0.05) is 30.3 Å². The maximum absolute atomic E-state index is 13.4. The van der Waals surface area contributed by atoms with Crippen molar-refractivity contribution in [2.75, 3.05) is 12.0 Å². The number of rotatable bonds is 5. The number of hydrogen-bond acceptors (Lipinski definition) is 6. The van der Waals surface area contributed by atoms with Gasteiger partial charge in [-0.05, 0) is 42.5 Å². The Morgan fingerprint density at radius 1 is 1.07 bits per heavy atom. The van der Waals surface area contributed by atoms with E-state index in [1.54, 1.807) is 19.2 Å². The minimum absolute atomic E-state index is 0.0979. The lowest BCUT2D eigenvalue weighted by molar-refractivity contribution is 0.100. The van der Waals surface area contributed by atoms with E-state index in [2.05, 4.69) is 0 Å². The summed E-state index contributed by atoms with van der Waals surface area (Å²) < 4.78 is 27.3. The number of amides is 1. The zero-order valence-corrected chi connectivity index (χ0v) is 17.2. The number of sulfone groups is 1. The summed E-state index contributed by atoms with van der Waals surface area (Å²) in [6.45, 7) is 1.74. The van der Waals surface area contributed by atoms with Crippen molar-refractivity contribution in [3.05, 3.63) is 59.0 Å². The van der Waals surface area contributed by atoms with Crippen molar-refractivity contribution < 1.29 is 13.2 Å². The van der Waals surface area contributed by atoms with Crippen LogP contribution < -0.4 is 11.5 Å². The third-order valence-electron chi connectivity index (χ3n) is 4.18. The highest BCUT2D eigenvalue weighted by molar-refractivity contribution is 8.01. The number of nitrogens with two attached hydrogens (primary N) is 2. The van der Waals surface area contributed by atoms with Crippen LogP contribution in [0.15, 0.2) is 62.5 Å². The summed E-state index contributed by atoms with van der Waals surface area (Å²) in [6, 6.07) is 13.9. The number of thioether (sulfide) groups is 1. The van der Waals surface area contributed by atoms with Gasteiger partial charge >= 0.3 is 0 Å². The normalized spacial score (nSPS) is 11.5. The summed E-state index contributed by atoms with van der Waals surface area (Å²) in [5.74, 6) is -0.643. The van der Waals surface area contributed by atoms with Gasteiger partial charge in [0, 0.05) is 11.3 Å². The largest absolute Gasteiger partial charge is 0.398 e. The van der Waals surface area contributed by atoms with Gasteiger partial charge in [0.25, 0.3) is 5.91 Å². The van der Waals surface area contributed by atoms with Crippen LogP contribution in [0.3, 0.4) is 0 Å². The Morgan fingerprint density at radius 3 is 2.33 bits per heavy atom. The van der Waals surface area contributed by atoms with Crippen molar-refractivity contribution in [3.63, 3.8) is 0 Å². The van der Waals surface area contributed by atoms with Crippen LogP contribution in [0.2, 0.25) is 0 Å². The van der Waals surface area contributed by atoms with Crippen molar-refractivity contribution >= 4 is 44.5 Å². The predicted molar refractivity (Wildman–Crippen MR) is 111 cm³/mol. The molecule has 0 aliphatic rings. The lowest BCUT2D eigenvalue weighted by Crippen LogP contribution is -2.09. The fourth-order valence-electron chi connectivity index (χ4n) is 2.92. The molecule has 1 aromatic heterocycles. The van der Waals surface area contributed by atoms with Gasteiger partial charge in [-0.2, -0.15) is 0 Å². The highest BCUT2D eigenvalue weighted by Gasteiger charge is 2.28. The Morgan fingerprint density at radius 2 is 1.74 bits per heavy atom. The molecule has 0 fully saturated rings. The SMILES string of the molecule is CSc1sc(C(N)=O)cc1S(=O)(=O)c1ccc(N)c(-c2ccccc2)c1C. The zero-order chi connectivity index (χ0) is 19.8. The van der Waals surface area contributed by atoms with E-state index in [1.807, 2.05) is 30.3 Å². The molecule has 0 saturated carbocycles. The average molecular weight is 419 g/mol. The molecule has 0 radical (unpaired) electrons. The van der Waals surface area contributed by atoms with Gasteiger partial charge in [-0.15, -0.1) is 23.1 Å². The molecule has 0 aliphatic carbocycles. The van der Waals surface area contributed by atoms with E-state index >= 15 is 0 Å². The number of benzene rings is 2. The zero-order valence-electron chi connectivity index (χ0n) is 14.7. The highest BCUT2D eigenvalue weighted by Crippen LogP contribution is 2.40. The van der Waals surface area contributed by atoms with Crippen molar-refractivity contribution in [3.8, 4) is 11.1 Å². The second-order valence-corrected chi connectivity index (χ2v) is 9.87. The molecular formula is C19H18N2O3S3. The van der Waals surface area contributed by atoms with Crippen LogP contribution >= 0.6 is 23.1 Å². The number of primary amides is 1. The van der Waals surface area contributed by atoms with E-state index in [0.717, 1.165) is 16.9 Å². The second-order valence-electron chi connectivity index (χ2n) is 5.85. The molecule has 0 unspecified atom stereocenters. The molecule has 4 N–H and O–H groups in total. The summed E-state index contributed by atoms with van der Waals surface area (Å²) in [7, 11) is -3.85. The molecular weight excluding hydrogens is 400 g/mol. The smallest absolute Gasteiger partial charge is 0.258 e. The average Bonchev–Trinajstić information content (AvgIpc) is 3.08. The van der Waals surface area contributed by atoms with E-state index in [0.29, 0.717) is 21.0 Å². The summed E-state index contributed by atoms with van der Waals surface area (Å²) in [5, 5.41) is 0. The first-order chi connectivity index (χ1) is 12.8. The molecule has 0 spiro atoms. The monoisotopic (exact) mass is 418 g/mol. The predicted octanol–water partition coefficient (Wildman–Crippen LogP) is 3.96. The van der Waals surface area contributed by atoms with Gasteiger partial charge in [-0.3, -0.25) is 4.79 Å². The number of nitrogen functional groups attached to an aromatic ring is 1. The topological polar surface area (TPSA) is 103 Å². The van der Waals surface area contributed by atoms with Crippen LogP contribution in [0.4, 0.5) is 5.69 Å². The Bertz CT molecular complexity index is 1120. The minimum atomic E-state index is -3.85. The summed E-state index contributed by atoms with van der Waals surface area (Å²) in [4.78, 5) is 12.0. The highest BCUT2D eigenvalue weighted by atomic mass is 32.2. The maximum atomic E-state index is 13.4. The number of thiophene rings is 1. The molecule has 0 aliphatic heterocycles. The molecule has 5 nitrogen and oxygen atoms in total. The first-order valence-electron chi connectivity index (χ1n) is 7.94. The Labute approximate surface area is 166 Å². The van der Waals surface area contributed by atoms with E-state index < -0.39 is 15.7 Å². The molecule has 0 atom stereocenters. The van der Waals surface area contributed by atoms with E-state index in [9.17, 15) is 13.2 Å². The van der Waals surface area contributed by atoms with Gasteiger partial charge in [0.2, 0.25) is 9.84 Å². The molecule has 3 aromatic rings. The lowest BCUT2D eigenvalue weighted by atomic mass is 9.99. The molecule has 1 amide bonds. The van der Waals surface area contributed by atoms with Gasteiger partial charge in [-0.25, -0.2) is 8.42 Å². The fraction of sp³-hybridized carbons (Fsp3) is 0.105. The van der Waals surface area contributed by atoms with Crippen molar-refractivity contribution in [2.24, 2.45) is 5.73 Å². The van der Waals surface area contributed by atoms with Crippen molar-refractivity contribution in [1.29, 1.82) is 0 Å². The Kier molecular flexibility index (Phi) is 5.32. The quantitative estimate of drug-likeness (QED) is 0.482. The van der Waals surface area contributed by atoms with Gasteiger partial charge in [0.05, 0.1) is 18.9 Å². The standard InChI is InChI=1S/C19H18N2O3S3/c1-11-15(9-8-13(20)17(11)12-6-4-3-5-7-12)27(23,24)16-10-14(18(21)22)26-19(16)25-2/h3-10H,20H2,1-2H3,(H2,21,22). The van der Waals surface area contributed by atoms with Gasteiger partial charge < -0.3 is 11.5 Å². The van der Waals surface area contributed by atoms with Crippen LogP contribution in [0.25, 0.3) is 11.1 Å². The number of carbonyl (C=O) groups excluding carboxylic acids is 1. The first-order valence-corrected chi connectivity index (χ1v) is 11.5. The van der Waals surface area contributed by atoms with E-state index in [-0.39, 0.29) is 14.7 Å².